The maximum atomic E-state index is 3.43. The summed E-state index contributed by atoms with van der Waals surface area (Å²) < 4.78 is 0. The van der Waals surface area contributed by atoms with Crippen LogP contribution in [0.4, 0.5) is 11.4 Å². The van der Waals surface area contributed by atoms with E-state index in [-0.39, 0.29) is 0 Å². The number of nitrogens with one attached hydrogen (secondary N) is 1. The van der Waals surface area contributed by atoms with Crippen LogP contribution in [0.1, 0.15) is 19.4 Å². The van der Waals surface area contributed by atoms with Crippen LogP contribution in [0, 0.1) is 12.8 Å². The molecule has 0 saturated carbocycles. The van der Waals surface area contributed by atoms with Crippen LogP contribution in [-0.4, -0.2) is 20.6 Å². The third-order valence-electron chi connectivity index (χ3n) is 2.39. The molecule has 0 heterocycles. The maximum absolute atomic E-state index is 3.43. The van der Waals surface area contributed by atoms with Crippen LogP contribution < -0.4 is 10.2 Å². The molecule has 1 rings (SSSR count). The second kappa shape index (κ2) is 5.06. The van der Waals surface area contributed by atoms with E-state index in [1.54, 1.807) is 0 Å². The van der Waals surface area contributed by atoms with Gasteiger partial charge in [-0.05, 0) is 36.6 Å². The molecule has 0 atom stereocenters. The molecule has 0 aliphatic rings. The van der Waals surface area contributed by atoms with Crippen molar-refractivity contribution in [1.82, 2.24) is 0 Å². The van der Waals surface area contributed by atoms with Gasteiger partial charge < -0.3 is 10.2 Å². The highest BCUT2D eigenvalue weighted by molar-refractivity contribution is 5.59. The van der Waals surface area contributed by atoms with Crippen LogP contribution >= 0.6 is 0 Å². The Morgan fingerprint density at radius 3 is 2.40 bits per heavy atom. The van der Waals surface area contributed by atoms with E-state index in [9.17, 15) is 0 Å². The Kier molecular flexibility index (Phi) is 4.01. The Morgan fingerprint density at radius 1 is 1.27 bits per heavy atom. The highest BCUT2D eigenvalue weighted by Crippen LogP contribution is 2.21. The fourth-order valence-electron chi connectivity index (χ4n) is 1.59. The lowest BCUT2D eigenvalue weighted by Crippen LogP contribution is -2.11. The second-order valence-electron chi connectivity index (χ2n) is 4.67. The number of hydrogen-bond donors (Lipinski definition) is 1. The number of anilines is 2. The zero-order valence-corrected chi connectivity index (χ0v) is 10.5. The van der Waals surface area contributed by atoms with Crippen LogP contribution in [0.3, 0.4) is 0 Å². The first-order valence-electron chi connectivity index (χ1n) is 5.52. The lowest BCUT2D eigenvalue weighted by atomic mass is 10.1. The van der Waals surface area contributed by atoms with E-state index in [1.807, 2.05) is 0 Å². The van der Waals surface area contributed by atoms with Gasteiger partial charge in [0.25, 0.3) is 0 Å². The van der Waals surface area contributed by atoms with Gasteiger partial charge in [0.2, 0.25) is 0 Å². The molecule has 0 unspecified atom stereocenters. The molecule has 1 aromatic rings. The normalized spacial score (nSPS) is 10.5. The molecule has 0 radical (unpaired) electrons. The van der Waals surface area contributed by atoms with Crippen molar-refractivity contribution in [2.45, 2.75) is 20.8 Å². The van der Waals surface area contributed by atoms with Crippen molar-refractivity contribution in [2.24, 2.45) is 5.92 Å². The molecule has 0 aliphatic carbocycles. The molecule has 0 saturated heterocycles. The van der Waals surface area contributed by atoms with Gasteiger partial charge >= 0.3 is 0 Å². The van der Waals surface area contributed by atoms with Gasteiger partial charge in [-0.1, -0.05) is 13.8 Å². The van der Waals surface area contributed by atoms with Crippen molar-refractivity contribution in [1.29, 1.82) is 0 Å². The maximum Gasteiger partial charge on any atom is 0.0392 e. The van der Waals surface area contributed by atoms with Crippen LogP contribution in [-0.2, 0) is 0 Å². The fourth-order valence-corrected chi connectivity index (χ4v) is 1.59. The lowest BCUT2D eigenvalue weighted by Gasteiger charge is -2.17. The predicted molar refractivity (Wildman–Crippen MR) is 68.8 cm³/mol. The zero-order chi connectivity index (χ0) is 11.4. The smallest absolute Gasteiger partial charge is 0.0392 e. The molecule has 15 heavy (non-hydrogen) atoms. The molecule has 1 N–H and O–H groups in total. The topological polar surface area (TPSA) is 15.3 Å². The number of nitrogens with zero attached hydrogens (tertiary/aromatic N) is 1. The van der Waals surface area contributed by atoms with Crippen molar-refractivity contribution in [3.05, 3.63) is 23.8 Å². The SMILES string of the molecule is Cc1cc(NCC(C)C)ccc1N(C)C. The quantitative estimate of drug-likeness (QED) is 0.814. The van der Waals surface area contributed by atoms with E-state index >= 15 is 0 Å². The van der Waals surface area contributed by atoms with E-state index in [0.717, 1.165) is 6.54 Å². The monoisotopic (exact) mass is 206 g/mol. The average molecular weight is 206 g/mol. The summed E-state index contributed by atoms with van der Waals surface area (Å²) >= 11 is 0. The largest absolute Gasteiger partial charge is 0.385 e. The van der Waals surface area contributed by atoms with Gasteiger partial charge in [-0.25, -0.2) is 0 Å². The number of benzene rings is 1. The van der Waals surface area contributed by atoms with Crippen molar-refractivity contribution < 1.29 is 0 Å². The summed E-state index contributed by atoms with van der Waals surface area (Å²) in [4.78, 5) is 2.14. The summed E-state index contributed by atoms with van der Waals surface area (Å²) in [6, 6.07) is 6.51. The van der Waals surface area contributed by atoms with Crippen LogP contribution in [0.25, 0.3) is 0 Å². The van der Waals surface area contributed by atoms with E-state index in [1.165, 1.54) is 16.9 Å². The predicted octanol–water partition coefficient (Wildman–Crippen LogP) is 3.13. The molecule has 0 spiro atoms. The number of rotatable bonds is 4. The van der Waals surface area contributed by atoms with Crippen LogP contribution in [0.15, 0.2) is 18.2 Å². The Labute approximate surface area is 93.3 Å². The first-order valence-corrected chi connectivity index (χ1v) is 5.52. The summed E-state index contributed by atoms with van der Waals surface area (Å²) in [5, 5.41) is 3.43. The molecule has 0 amide bonds. The van der Waals surface area contributed by atoms with E-state index in [2.05, 4.69) is 63.3 Å². The standard InChI is InChI=1S/C13H22N2/c1-10(2)9-14-12-6-7-13(15(4)5)11(3)8-12/h6-8,10,14H,9H2,1-5H3. The molecule has 2 nitrogen and oxygen atoms in total. The Bertz CT molecular complexity index is 316. The Hall–Kier alpha value is -1.18. The van der Waals surface area contributed by atoms with Crippen molar-refractivity contribution >= 4 is 11.4 Å². The molecule has 0 aromatic heterocycles. The van der Waals surface area contributed by atoms with Gasteiger partial charge in [0.05, 0.1) is 0 Å². The van der Waals surface area contributed by atoms with Gasteiger partial charge in [0, 0.05) is 32.0 Å². The molecular weight excluding hydrogens is 184 g/mol. The lowest BCUT2D eigenvalue weighted by molar-refractivity contribution is 0.689. The minimum Gasteiger partial charge on any atom is -0.385 e. The van der Waals surface area contributed by atoms with Gasteiger partial charge in [-0.2, -0.15) is 0 Å². The first-order chi connectivity index (χ1) is 7.00. The van der Waals surface area contributed by atoms with E-state index < -0.39 is 0 Å². The highest BCUT2D eigenvalue weighted by Gasteiger charge is 2.01. The second-order valence-corrected chi connectivity index (χ2v) is 4.67. The minimum atomic E-state index is 0.679. The van der Waals surface area contributed by atoms with E-state index in [4.69, 9.17) is 0 Å². The van der Waals surface area contributed by atoms with Gasteiger partial charge in [0.1, 0.15) is 0 Å². The third-order valence-corrected chi connectivity index (χ3v) is 2.39. The van der Waals surface area contributed by atoms with Gasteiger partial charge in [-0.15, -0.1) is 0 Å². The summed E-state index contributed by atoms with van der Waals surface area (Å²) in [7, 11) is 4.15. The van der Waals surface area contributed by atoms with Gasteiger partial charge in [-0.3, -0.25) is 0 Å². The summed E-state index contributed by atoms with van der Waals surface area (Å²) in [5.74, 6) is 0.679. The van der Waals surface area contributed by atoms with Crippen molar-refractivity contribution in [3.63, 3.8) is 0 Å². The van der Waals surface area contributed by atoms with Crippen LogP contribution in [0.2, 0.25) is 0 Å². The number of aryl methyl sites for hydroxylation is 1. The summed E-state index contributed by atoms with van der Waals surface area (Å²) in [6.45, 7) is 7.61. The summed E-state index contributed by atoms with van der Waals surface area (Å²) in [6.07, 6.45) is 0. The van der Waals surface area contributed by atoms with Crippen molar-refractivity contribution in [3.8, 4) is 0 Å². The number of hydrogen-bond acceptors (Lipinski definition) is 2. The average Bonchev–Trinajstić information content (AvgIpc) is 2.14. The molecule has 1 aromatic carbocycles. The first kappa shape index (κ1) is 11.9. The van der Waals surface area contributed by atoms with E-state index in [0.29, 0.717) is 5.92 Å². The molecule has 2 heteroatoms. The molecule has 0 aliphatic heterocycles. The molecule has 84 valence electrons. The van der Waals surface area contributed by atoms with Crippen molar-refractivity contribution in [2.75, 3.05) is 30.9 Å². The molecule has 0 bridgehead atoms. The summed E-state index contributed by atoms with van der Waals surface area (Å²) in [5.41, 5.74) is 3.81. The third kappa shape index (κ3) is 3.46. The zero-order valence-electron chi connectivity index (χ0n) is 10.5. The van der Waals surface area contributed by atoms with Gasteiger partial charge in [0.15, 0.2) is 0 Å². The molecule has 0 fully saturated rings. The Balaban J connectivity index is 2.73. The Morgan fingerprint density at radius 2 is 1.93 bits per heavy atom. The minimum absolute atomic E-state index is 0.679. The van der Waals surface area contributed by atoms with Crippen LogP contribution in [0.5, 0.6) is 0 Å². The molecular formula is C13H22N2. The fraction of sp³-hybridized carbons (Fsp3) is 0.538. The highest BCUT2D eigenvalue weighted by atomic mass is 15.1.